The molecule has 0 atom stereocenters. The molecular formula is C12H9BrCl2N2O. The molecule has 0 spiro atoms. The molecule has 1 aromatic carbocycles. The number of carbonyl (C=O) groups excluding carboxylic acids is 1. The topological polar surface area (TPSA) is 44.9 Å². The van der Waals surface area contributed by atoms with Gasteiger partial charge in [0.05, 0.1) is 10.7 Å². The maximum atomic E-state index is 12.0. The Bertz CT molecular complexity index is 591. The van der Waals surface area contributed by atoms with E-state index in [1.165, 1.54) is 6.07 Å². The van der Waals surface area contributed by atoms with E-state index in [1.54, 1.807) is 0 Å². The van der Waals surface area contributed by atoms with Gasteiger partial charge < -0.3 is 10.3 Å². The quantitative estimate of drug-likeness (QED) is 0.816. The molecule has 0 radical (unpaired) electrons. The Hall–Kier alpha value is -0.970. The second-order valence-corrected chi connectivity index (χ2v) is 5.42. The molecule has 0 saturated heterocycles. The molecule has 1 aromatic heterocycles. The van der Waals surface area contributed by atoms with Crippen LogP contribution in [0.3, 0.4) is 0 Å². The van der Waals surface area contributed by atoms with Crippen molar-refractivity contribution >= 4 is 50.7 Å². The summed E-state index contributed by atoms with van der Waals surface area (Å²) >= 11 is 14.9. The second-order valence-electron chi connectivity index (χ2n) is 3.78. The number of benzene rings is 1. The molecule has 2 N–H and O–H groups in total. The SMILES string of the molecule is Cc1ccc(Br)c(NC(=O)c2cc(Cl)c(Cl)[nH]2)c1. The highest BCUT2D eigenvalue weighted by atomic mass is 79.9. The van der Waals surface area contributed by atoms with Gasteiger partial charge in [0.2, 0.25) is 0 Å². The van der Waals surface area contributed by atoms with E-state index in [0.717, 1.165) is 10.0 Å². The first kappa shape index (κ1) is 13.5. The summed E-state index contributed by atoms with van der Waals surface area (Å²) in [6.07, 6.45) is 0. The van der Waals surface area contributed by atoms with E-state index in [9.17, 15) is 4.79 Å². The van der Waals surface area contributed by atoms with Crippen LogP contribution in [0, 0.1) is 6.92 Å². The van der Waals surface area contributed by atoms with E-state index in [4.69, 9.17) is 23.2 Å². The number of halogens is 3. The summed E-state index contributed by atoms with van der Waals surface area (Å²) in [5.41, 5.74) is 2.07. The van der Waals surface area contributed by atoms with Crippen LogP contribution >= 0.6 is 39.1 Å². The molecule has 0 saturated carbocycles. The van der Waals surface area contributed by atoms with Crippen LogP contribution in [0.5, 0.6) is 0 Å². The number of aryl methyl sites for hydroxylation is 1. The van der Waals surface area contributed by atoms with Gasteiger partial charge in [0.25, 0.3) is 5.91 Å². The molecule has 3 nitrogen and oxygen atoms in total. The number of aromatic nitrogens is 1. The number of rotatable bonds is 2. The van der Waals surface area contributed by atoms with Crippen molar-refractivity contribution in [2.45, 2.75) is 6.92 Å². The van der Waals surface area contributed by atoms with Crippen LogP contribution in [0.4, 0.5) is 5.69 Å². The minimum absolute atomic E-state index is 0.255. The van der Waals surface area contributed by atoms with Gasteiger partial charge in [-0.3, -0.25) is 4.79 Å². The molecule has 0 fully saturated rings. The monoisotopic (exact) mass is 346 g/mol. The first-order valence-electron chi connectivity index (χ1n) is 5.09. The van der Waals surface area contributed by atoms with Crippen molar-refractivity contribution in [2.24, 2.45) is 0 Å². The maximum Gasteiger partial charge on any atom is 0.272 e. The van der Waals surface area contributed by atoms with Crippen molar-refractivity contribution < 1.29 is 4.79 Å². The Balaban J connectivity index is 2.23. The third-order valence-electron chi connectivity index (χ3n) is 2.34. The number of aromatic amines is 1. The molecule has 0 unspecified atom stereocenters. The average Bonchev–Trinajstić information content (AvgIpc) is 2.64. The van der Waals surface area contributed by atoms with Gasteiger partial charge >= 0.3 is 0 Å². The van der Waals surface area contributed by atoms with Crippen molar-refractivity contribution in [1.82, 2.24) is 4.98 Å². The Morgan fingerprint density at radius 3 is 2.67 bits per heavy atom. The maximum absolute atomic E-state index is 12.0. The van der Waals surface area contributed by atoms with Crippen LogP contribution < -0.4 is 5.32 Å². The fraction of sp³-hybridized carbons (Fsp3) is 0.0833. The van der Waals surface area contributed by atoms with Gasteiger partial charge in [-0.1, -0.05) is 29.3 Å². The summed E-state index contributed by atoms with van der Waals surface area (Å²) in [6.45, 7) is 1.95. The van der Waals surface area contributed by atoms with Gasteiger partial charge in [-0.25, -0.2) is 0 Å². The molecule has 0 aliphatic rings. The Kier molecular flexibility index (Phi) is 4.00. The van der Waals surface area contributed by atoms with E-state index in [-0.39, 0.29) is 11.1 Å². The van der Waals surface area contributed by atoms with E-state index in [2.05, 4.69) is 26.2 Å². The first-order valence-corrected chi connectivity index (χ1v) is 6.64. The zero-order valence-corrected chi connectivity index (χ0v) is 12.4. The fourth-order valence-electron chi connectivity index (χ4n) is 1.45. The van der Waals surface area contributed by atoms with E-state index in [1.807, 2.05) is 25.1 Å². The fourth-order valence-corrected chi connectivity index (χ4v) is 2.11. The van der Waals surface area contributed by atoms with Gasteiger partial charge in [0.1, 0.15) is 10.8 Å². The number of hydrogen-bond donors (Lipinski definition) is 2. The Morgan fingerprint density at radius 1 is 1.33 bits per heavy atom. The summed E-state index contributed by atoms with van der Waals surface area (Å²) in [5.74, 6) is -0.296. The lowest BCUT2D eigenvalue weighted by Crippen LogP contribution is -2.12. The first-order chi connectivity index (χ1) is 8.47. The summed E-state index contributed by atoms with van der Waals surface area (Å²) in [4.78, 5) is 14.7. The van der Waals surface area contributed by atoms with Gasteiger partial charge in [0, 0.05) is 4.47 Å². The van der Waals surface area contributed by atoms with Crippen molar-refractivity contribution in [3.05, 3.63) is 50.2 Å². The standard InChI is InChI=1S/C12H9BrCl2N2O/c1-6-2-3-7(13)9(4-6)17-12(18)10-5-8(14)11(15)16-10/h2-5,16H,1H3,(H,17,18). The zero-order valence-electron chi connectivity index (χ0n) is 9.35. The molecule has 0 aliphatic heterocycles. The minimum atomic E-state index is -0.296. The lowest BCUT2D eigenvalue weighted by atomic mass is 10.2. The smallest absolute Gasteiger partial charge is 0.272 e. The van der Waals surface area contributed by atoms with Crippen LogP contribution in [0.2, 0.25) is 10.2 Å². The van der Waals surface area contributed by atoms with Gasteiger partial charge in [-0.15, -0.1) is 0 Å². The minimum Gasteiger partial charge on any atom is -0.340 e. The van der Waals surface area contributed by atoms with Crippen LogP contribution in [0.1, 0.15) is 16.1 Å². The zero-order chi connectivity index (χ0) is 13.3. The van der Waals surface area contributed by atoms with Gasteiger partial charge in [0.15, 0.2) is 0 Å². The Labute approximate surface area is 123 Å². The molecule has 2 rings (SSSR count). The van der Waals surface area contributed by atoms with Crippen LogP contribution in [-0.2, 0) is 0 Å². The molecule has 0 bridgehead atoms. The molecule has 1 heterocycles. The molecule has 6 heteroatoms. The lowest BCUT2D eigenvalue weighted by molar-refractivity contribution is 0.102. The summed E-state index contributed by atoms with van der Waals surface area (Å²) < 4.78 is 0.810. The number of H-pyrrole nitrogens is 1. The second kappa shape index (κ2) is 5.34. The molecule has 0 aliphatic carbocycles. The molecular weight excluding hydrogens is 339 g/mol. The third kappa shape index (κ3) is 2.88. The summed E-state index contributed by atoms with van der Waals surface area (Å²) in [5, 5.41) is 3.35. The highest BCUT2D eigenvalue weighted by Crippen LogP contribution is 2.25. The van der Waals surface area contributed by atoms with Crippen LogP contribution in [0.25, 0.3) is 0 Å². The van der Waals surface area contributed by atoms with Crippen molar-refractivity contribution in [2.75, 3.05) is 5.32 Å². The molecule has 1 amide bonds. The van der Waals surface area contributed by atoms with E-state index >= 15 is 0 Å². The Morgan fingerprint density at radius 2 is 2.06 bits per heavy atom. The summed E-state index contributed by atoms with van der Waals surface area (Å²) in [6, 6.07) is 7.18. The lowest BCUT2D eigenvalue weighted by Gasteiger charge is -2.07. The van der Waals surface area contributed by atoms with Crippen molar-refractivity contribution in [3.63, 3.8) is 0 Å². The highest BCUT2D eigenvalue weighted by molar-refractivity contribution is 9.10. The number of amides is 1. The molecule has 2 aromatic rings. The van der Waals surface area contributed by atoms with E-state index < -0.39 is 0 Å². The van der Waals surface area contributed by atoms with Crippen LogP contribution in [0.15, 0.2) is 28.7 Å². The number of hydrogen-bond acceptors (Lipinski definition) is 1. The van der Waals surface area contributed by atoms with E-state index in [0.29, 0.717) is 16.4 Å². The molecule has 94 valence electrons. The third-order valence-corrected chi connectivity index (χ3v) is 3.72. The largest absolute Gasteiger partial charge is 0.340 e. The number of carbonyl (C=O) groups is 1. The number of nitrogens with one attached hydrogen (secondary N) is 2. The number of anilines is 1. The van der Waals surface area contributed by atoms with Gasteiger partial charge in [-0.05, 0) is 46.6 Å². The van der Waals surface area contributed by atoms with Crippen LogP contribution in [-0.4, -0.2) is 10.9 Å². The predicted molar refractivity (Wildman–Crippen MR) is 77.6 cm³/mol. The molecule has 18 heavy (non-hydrogen) atoms. The summed E-state index contributed by atoms with van der Waals surface area (Å²) in [7, 11) is 0. The van der Waals surface area contributed by atoms with Crippen molar-refractivity contribution in [3.8, 4) is 0 Å². The average molecular weight is 348 g/mol. The van der Waals surface area contributed by atoms with Crippen molar-refractivity contribution in [1.29, 1.82) is 0 Å². The predicted octanol–water partition coefficient (Wildman–Crippen LogP) is 4.64. The van der Waals surface area contributed by atoms with Gasteiger partial charge in [-0.2, -0.15) is 0 Å². The highest BCUT2D eigenvalue weighted by Gasteiger charge is 2.13. The normalized spacial score (nSPS) is 10.4.